The Morgan fingerprint density at radius 1 is 1.15 bits per heavy atom. The summed E-state index contributed by atoms with van der Waals surface area (Å²) in [4.78, 5) is 35.6. The minimum atomic E-state index is -0.428. The van der Waals surface area contributed by atoms with Gasteiger partial charge in [-0.25, -0.2) is 14.4 Å². The first kappa shape index (κ1) is 21.6. The van der Waals surface area contributed by atoms with Gasteiger partial charge in [0, 0.05) is 30.5 Å². The van der Waals surface area contributed by atoms with Crippen molar-refractivity contribution >= 4 is 23.3 Å². The second-order valence-electron chi connectivity index (χ2n) is 8.15. The van der Waals surface area contributed by atoms with E-state index in [4.69, 9.17) is 15.2 Å². The number of nitrogens with one attached hydrogen (secondary N) is 1. The maximum absolute atomic E-state index is 13.8. The van der Waals surface area contributed by atoms with Crippen LogP contribution in [0.4, 0.5) is 15.9 Å². The number of nitrogens with zero attached hydrogens (tertiary/aromatic N) is 3. The van der Waals surface area contributed by atoms with Gasteiger partial charge in [0.1, 0.15) is 17.2 Å². The lowest BCUT2D eigenvalue weighted by atomic mass is 9.97. The van der Waals surface area contributed by atoms with Gasteiger partial charge in [-0.3, -0.25) is 9.59 Å². The summed E-state index contributed by atoms with van der Waals surface area (Å²) in [5.74, 6) is 0.192. The van der Waals surface area contributed by atoms with E-state index in [9.17, 15) is 14.0 Å². The molecule has 9 nitrogen and oxygen atoms in total. The highest BCUT2D eigenvalue weighted by atomic mass is 19.1. The smallest absolute Gasteiger partial charge is 0.259 e. The number of carbonyl (C=O) groups excluding carboxylic acids is 2. The largest absolute Gasteiger partial charge is 0.454 e. The third-order valence-corrected chi connectivity index (χ3v) is 5.85. The van der Waals surface area contributed by atoms with Crippen molar-refractivity contribution in [2.24, 2.45) is 11.7 Å². The molecule has 1 aromatic heterocycles. The number of aromatic nitrogens is 2. The zero-order valence-electron chi connectivity index (χ0n) is 18.2. The normalized spacial score (nSPS) is 16.9. The quantitative estimate of drug-likeness (QED) is 0.597. The molecular formula is C24H22FN5O4. The van der Waals surface area contributed by atoms with Gasteiger partial charge in [-0.15, -0.1) is 0 Å². The van der Waals surface area contributed by atoms with Crippen LogP contribution in [0.1, 0.15) is 23.2 Å². The molecule has 5 rings (SSSR count). The Labute approximate surface area is 194 Å². The van der Waals surface area contributed by atoms with Gasteiger partial charge in [-0.2, -0.15) is 0 Å². The molecule has 3 N–H and O–H groups in total. The summed E-state index contributed by atoms with van der Waals surface area (Å²) in [6.45, 7) is 0.866. The molecule has 10 heteroatoms. The van der Waals surface area contributed by atoms with Crippen LogP contribution in [-0.4, -0.2) is 46.6 Å². The molecule has 34 heavy (non-hydrogen) atoms. The fourth-order valence-corrected chi connectivity index (χ4v) is 4.08. The number of primary amides is 1. The van der Waals surface area contributed by atoms with E-state index in [-0.39, 0.29) is 30.6 Å². The predicted octanol–water partition coefficient (Wildman–Crippen LogP) is 3.09. The topological polar surface area (TPSA) is 120 Å². The van der Waals surface area contributed by atoms with Gasteiger partial charge in [-0.05, 0) is 49.2 Å². The first-order chi connectivity index (χ1) is 16.5. The van der Waals surface area contributed by atoms with Gasteiger partial charge in [0.2, 0.25) is 12.7 Å². The molecule has 1 saturated heterocycles. The van der Waals surface area contributed by atoms with Crippen LogP contribution < -0.4 is 20.5 Å². The highest BCUT2D eigenvalue weighted by Crippen LogP contribution is 2.35. The number of likely N-dealkylation sites (tertiary alicyclic amines) is 1. The number of fused-ring (bicyclic) bond motifs is 1. The standard InChI is InChI=1S/C24H22FN5O4/c25-16-4-1-5-17(10-16)28-23-18(24(32)30-8-2-3-15(12-30)21(26)31)11-27-22(29-23)14-6-7-19-20(9-14)34-13-33-19/h1,4-7,9-11,15H,2-3,8,12-13H2,(H2,26,31)(H,27,28,29)/t15-/m0/s1. The molecule has 2 amide bonds. The number of amides is 2. The first-order valence-electron chi connectivity index (χ1n) is 10.9. The number of piperidine rings is 1. The Morgan fingerprint density at radius 2 is 2.00 bits per heavy atom. The summed E-state index contributed by atoms with van der Waals surface area (Å²) in [6.07, 6.45) is 2.75. The molecule has 1 atom stereocenters. The maximum Gasteiger partial charge on any atom is 0.259 e. The van der Waals surface area contributed by atoms with Crippen LogP contribution in [0.25, 0.3) is 11.4 Å². The van der Waals surface area contributed by atoms with E-state index in [2.05, 4.69) is 15.3 Å². The average molecular weight is 463 g/mol. The van der Waals surface area contributed by atoms with Crippen molar-refractivity contribution in [2.45, 2.75) is 12.8 Å². The molecule has 2 aromatic carbocycles. The molecule has 0 radical (unpaired) electrons. The number of halogens is 1. The van der Waals surface area contributed by atoms with E-state index in [1.165, 1.54) is 18.3 Å². The monoisotopic (exact) mass is 463 g/mol. The molecule has 0 saturated carbocycles. The van der Waals surface area contributed by atoms with Gasteiger partial charge in [0.15, 0.2) is 17.3 Å². The average Bonchev–Trinajstić information content (AvgIpc) is 3.32. The third kappa shape index (κ3) is 4.34. The number of hydrogen-bond donors (Lipinski definition) is 2. The highest BCUT2D eigenvalue weighted by Gasteiger charge is 2.29. The van der Waals surface area contributed by atoms with Crippen molar-refractivity contribution in [2.75, 3.05) is 25.2 Å². The summed E-state index contributed by atoms with van der Waals surface area (Å²) in [5.41, 5.74) is 6.77. The number of nitrogens with two attached hydrogens (primary N) is 1. The van der Waals surface area contributed by atoms with Crippen LogP contribution in [0.5, 0.6) is 11.5 Å². The van der Waals surface area contributed by atoms with E-state index in [1.54, 1.807) is 35.2 Å². The second kappa shape index (κ2) is 8.97. The van der Waals surface area contributed by atoms with Gasteiger partial charge in [0.25, 0.3) is 5.91 Å². The molecule has 174 valence electrons. The lowest BCUT2D eigenvalue weighted by Crippen LogP contribution is -2.44. The van der Waals surface area contributed by atoms with Gasteiger partial charge in [-0.1, -0.05) is 6.07 Å². The number of hydrogen-bond acceptors (Lipinski definition) is 7. The Balaban J connectivity index is 1.51. The van der Waals surface area contributed by atoms with Crippen molar-refractivity contribution in [3.05, 3.63) is 60.0 Å². The van der Waals surface area contributed by atoms with Crippen LogP contribution in [0, 0.1) is 11.7 Å². The van der Waals surface area contributed by atoms with Crippen molar-refractivity contribution in [3.8, 4) is 22.9 Å². The van der Waals surface area contributed by atoms with Gasteiger partial charge < -0.3 is 25.4 Å². The summed E-state index contributed by atoms with van der Waals surface area (Å²) in [6, 6.07) is 11.2. The van der Waals surface area contributed by atoms with E-state index >= 15 is 0 Å². The molecule has 0 bridgehead atoms. The van der Waals surface area contributed by atoms with Crippen LogP contribution in [0.15, 0.2) is 48.7 Å². The number of anilines is 2. The Kier molecular flexibility index (Phi) is 5.70. The van der Waals surface area contributed by atoms with Crippen LogP contribution >= 0.6 is 0 Å². The molecule has 3 aromatic rings. The molecule has 2 aliphatic rings. The van der Waals surface area contributed by atoms with Crippen molar-refractivity contribution in [1.29, 1.82) is 0 Å². The third-order valence-electron chi connectivity index (χ3n) is 5.85. The predicted molar refractivity (Wildman–Crippen MR) is 121 cm³/mol. The SMILES string of the molecule is NC(=O)[C@H]1CCCN(C(=O)c2cnc(-c3ccc4c(c3)OCO4)nc2Nc2cccc(F)c2)C1. The van der Waals surface area contributed by atoms with Crippen LogP contribution in [-0.2, 0) is 4.79 Å². The maximum atomic E-state index is 13.8. The van der Waals surface area contributed by atoms with Crippen molar-refractivity contribution < 1.29 is 23.5 Å². The van der Waals surface area contributed by atoms with Crippen molar-refractivity contribution in [3.63, 3.8) is 0 Å². The second-order valence-corrected chi connectivity index (χ2v) is 8.15. The molecule has 3 heterocycles. The van der Waals surface area contributed by atoms with Crippen molar-refractivity contribution in [1.82, 2.24) is 14.9 Å². The fraction of sp³-hybridized carbons (Fsp3) is 0.250. The minimum Gasteiger partial charge on any atom is -0.454 e. The number of carbonyl (C=O) groups is 2. The van der Waals surface area contributed by atoms with Gasteiger partial charge >= 0.3 is 0 Å². The Hall–Kier alpha value is -4.21. The number of benzene rings is 2. The van der Waals surface area contributed by atoms with Crippen LogP contribution in [0.2, 0.25) is 0 Å². The molecule has 0 aliphatic carbocycles. The fourth-order valence-electron chi connectivity index (χ4n) is 4.08. The lowest BCUT2D eigenvalue weighted by molar-refractivity contribution is -0.123. The Bertz CT molecular complexity index is 1270. The molecule has 0 unspecified atom stereocenters. The summed E-state index contributed by atoms with van der Waals surface area (Å²) >= 11 is 0. The molecule has 2 aliphatic heterocycles. The molecular weight excluding hydrogens is 441 g/mol. The molecule has 1 fully saturated rings. The van der Waals surface area contributed by atoms with E-state index in [0.717, 1.165) is 0 Å². The zero-order chi connectivity index (χ0) is 23.7. The summed E-state index contributed by atoms with van der Waals surface area (Å²) < 4.78 is 24.6. The lowest BCUT2D eigenvalue weighted by Gasteiger charge is -2.31. The molecule has 0 spiro atoms. The summed E-state index contributed by atoms with van der Waals surface area (Å²) in [5, 5.41) is 3.04. The van der Waals surface area contributed by atoms with Gasteiger partial charge in [0.05, 0.1) is 5.92 Å². The zero-order valence-corrected chi connectivity index (χ0v) is 18.2. The summed E-state index contributed by atoms with van der Waals surface area (Å²) in [7, 11) is 0. The minimum absolute atomic E-state index is 0.140. The van der Waals surface area contributed by atoms with E-state index in [1.807, 2.05) is 0 Å². The van der Waals surface area contributed by atoms with E-state index in [0.29, 0.717) is 48.0 Å². The Morgan fingerprint density at radius 3 is 2.82 bits per heavy atom. The number of rotatable bonds is 5. The first-order valence-corrected chi connectivity index (χ1v) is 10.9. The number of ether oxygens (including phenoxy) is 2. The van der Waals surface area contributed by atoms with Crippen LogP contribution in [0.3, 0.4) is 0 Å². The highest BCUT2D eigenvalue weighted by molar-refractivity contribution is 5.99. The van der Waals surface area contributed by atoms with E-state index < -0.39 is 17.6 Å².